The summed E-state index contributed by atoms with van der Waals surface area (Å²) in [4.78, 5) is 8.17. The van der Waals surface area contributed by atoms with Gasteiger partial charge in [-0.3, -0.25) is 0 Å². The van der Waals surface area contributed by atoms with Crippen LogP contribution in [0.3, 0.4) is 0 Å². The zero-order valence-electron chi connectivity index (χ0n) is 12.4. The van der Waals surface area contributed by atoms with Gasteiger partial charge in [0.25, 0.3) is 0 Å². The molecule has 2 heterocycles. The molecule has 2 aromatic heterocycles. The maximum atomic E-state index is 12.9. The maximum Gasteiger partial charge on any atom is 0.168 e. The Morgan fingerprint density at radius 1 is 0.917 bits per heavy atom. The van der Waals surface area contributed by atoms with Crippen molar-refractivity contribution in [1.82, 2.24) is 19.7 Å². The van der Waals surface area contributed by atoms with E-state index in [1.54, 1.807) is 35.1 Å². The Morgan fingerprint density at radius 2 is 1.58 bits per heavy atom. The minimum atomic E-state index is -0.301. The van der Waals surface area contributed by atoms with E-state index in [9.17, 15) is 4.39 Å². The number of halogens is 1. The summed E-state index contributed by atoms with van der Waals surface area (Å²) in [6.07, 6.45) is 3.04. The van der Waals surface area contributed by atoms with Crippen molar-refractivity contribution >= 4 is 16.9 Å². The number of rotatable bonds is 3. The molecule has 24 heavy (non-hydrogen) atoms. The van der Waals surface area contributed by atoms with Gasteiger partial charge in [-0.25, -0.2) is 19.0 Å². The lowest BCUT2D eigenvalue weighted by molar-refractivity contribution is 0.480. The molecule has 0 aliphatic carbocycles. The summed E-state index contributed by atoms with van der Waals surface area (Å²) in [5, 5.41) is 5.00. The summed E-state index contributed by atoms with van der Waals surface area (Å²) < 4.78 is 20.3. The molecule has 0 saturated carbocycles. The lowest BCUT2D eigenvalue weighted by atomic mass is 10.3. The summed E-state index contributed by atoms with van der Waals surface area (Å²) in [6, 6.07) is 13.2. The summed E-state index contributed by atoms with van der Waals surface area (Å²) in [5.74, 6) is 1.29. The monoisotopic (exact) mass is 321 g/mol. The molecule has 0 unspecified atom stereocenters. The summed E-state index contributed by atoms with van der Waals surface area (Å²) in [5.41, 5.74) is 7.27. The van der Waals surface area contributed by atoms with E-state index < -0.39 is 0 Å². The van der Waals surface area contributed by atoms with Gasteiger partial charge in [-0.2, -0.15) is 5.10 Å². The minimum absolute atomic E-state index is 0.301. The normalized spacial score (nSPS) is 10.9. The lowest BCUT2D eigenvalue weighted by Gasteiger charge is -2.07. The molecule has 0 atom stereocenters. The average Bonchev–Trinajstić information content (AvgIpc) is 3.03. The molecule has 0 aliphatic rings. The second kappa shape index (κ2) is 5.62. The van der Waals surface area contributed by atoms with Gasteiger partial charge in [0.1, 0.15) is 29.5 Å². The first-order chi connectivity index (χ1) is 11.7. The van der Waals surface area contributed by atoms with Gasteiger partial charge in [-0.05, 0) is 48.5 Å². The van der Waals surface area contributed by atoms with E-state index in [4.69, 9.17) is 10.5 Å². The van der Waals surface area contributed by atoms with Crippen molar-refractivity contribution in [1.29, 1.82) is 0 Å². The van der Waals surface area contributed by atoms with Crippen LogP contribution in [0.2, 0.25) is 0 Å². The number of nitrogens with zero attached hydrogens (tertiary/aromatic N) is 4. The largest absolute Gasteiger partial charge is 0.457 e. The number of fused-ring (bicyclic) bond motifs is 1. The van der Waals surface area contributed by atoms with Crippen LogP contribution in [0.1, 0.15) is 0 Å². The van der Waals surface area contributed by atoms with Crippen molar-refractivity contribution in [2.24, 2.45) is 0 Å². The van der Waals surface area contributed by atoms with Gasteiger partial charge >= 0.3 is 0 Å². The van der Waals surface area contributed by atoms with Gasteiger partial charge in [0.2, 0.25) is 0 Å². The maximum absolute atomic E-state index is 12.9. The highest BCUT2D eigenvalue weighted by molar-refractivity contribution is 5.85. The van der Waals surface area contributed by atoms with Crippen molar-refractivity contribution in [3.8, 4) is 17.2 Å². The van der Waals surface area contributed by atoms with Crippen molar-refractivity contribution in [3.05, 3.63) is 66.9 Å². The molecule has 0 spiro atoms. The number of nitrogens with two attached hydrogens (primary N) is 1. The van der Waals surface area contributed by atoms with Crippen LogP contribution >= 0.6 is 0 Å². The zero-order valence-corrected chi connectivity index (χ0v) is 12.4. The molecule has 4 aromatic rings. The van der Waals surface area contributed by atoms with Gasteiger partial charge in [0.15, 0.2) is 5.65 Å². The van der Waals surface area contributed by atoms with Gasteiger partial charge in [-0.15, -0.1) is 0 Å². The van der Waals surface area contributed by atoms with Crippen LogP contribution in [0.5, 0.6) is 11.5 Å². The number of hydrogen-bond acceptors (Lipinski definition) is 5. The van der Waals surface area contributed by atoms with Crippen LogP contribution in [0.15, 0.2) is 61.1 Å². The minimum Gasteiger partial charge on any atom is -0.457 e. The third kappa shape index (κ3) is 2.52. The third-order valence-electron chi connectivity index (χ3n) is 3.53. The highest BCUT2D eigenvalue weighted by atomic mass is 19.1. The molecule has 2 aromatic carbocycles. The lowest BCUT2D eigenvalue weighted by Crippen LogP contribution is -1.99. The van der Waals surface area contributed by atoms with E-state index in [1.165, 1.54) is 18.5 Å². The van der Waals surface area contributed by atoms with E-state index in [1.807, 2.05) is 12.1 Å². The topological polar surface area (TPSA) is 78.9 Å². The fraction of sp³-hybridized carbons (Fsp3) is 0. The number of benzene rings is 2. The molecule has 118 valence electrons. The first-order valence-electron chi connectivity index (χ1n) is 7.19. The summed E-state index contributed by atoms with van der Waals surface area (Å²) in [6.45, 7) is 0. The molecule has 7 heteroatoms. The average molecular weight is 321 g/mol. The first-order valence-corrected chi connectivity index (χ1v) is 7.19. The predicted octanol–water partition coefficient (Wildman–Crippen LogP) is 3.33. The first kappa shape index (κ1) is 14.1. The van der Waals surface area contributed by atoms with Gasteiger partial charge < -0.3 is 10.5 Å². The van der Waals surface area contributed by atoms with E-state index in [2.05, 4.69) is 15.1 Å². The Labute approximate surface area is 136 Å². The number of ether oxygens (including phenoxy) is 1. The van der Waals surface area contributed by atoms with Crippen LogP contribution in [0, 0.1) is 5.82 Å². The van der Waals surface area contributed by atoms with Crippen molar-refractivity contribution in [3.63, 3.8) is 0 Å². The smallest absolute Gasteiger partial charge is 0.168 e. The molecule has 0 fully saturated rings. The molecule has 0 bridgehead atoms. The highest BCUT2D eigenvalue weighted by Crippen LogP contribution is 2.24. The van der Waals surface area contributed by atoms with E-state index >= 15 is 0 Å². The molecular formula is C17H12FN5O. The number of aromatic nitrogens is 4. The number of hydrogen-bond donors (Lipinski definition) is 1. The Morgan fingerprint density at radius 3 is 2.29 bits per heavy atom. The second-order valence-electron chi connectivity index (χ2n) is 5.10. The third-order valence-corrected chi connectivity index (χ3v) is 3.53. The summed E-state index contributed by atoms with van der Waals surface area (Å²) in [7, 11) is 0. The fourth-order valence-corrected chi connectivity index (χ4v) is 2.35. The summed E-state index contributed by atoms with van der Waals surface area (Å²) >= 11 is 0. The van der Waals surface area contributed by atoms with E-state index in [0.29, 0.717) is 28.4 Å². The van der Waals surface area contributed by atoms with E-state index in [-0.39, 0.29) is 5.82 Å². The van der Waals surface area contributed by atoms with Crippen molar-refractivity contribution in [2.75, 3.05) is 5.73 Å². The molecule has 0 saturated heterocycles. The Bertz CT molecular complexity index is 996. The Kier molecular flexibility index (Phi) is 3.31. The molecule has 6 nitrogen and oxygen atoms in total. The second-order valence-corrected chi connectivity index (χ2v) is 5.10. The van der Waals surface area contributed by atoms with Crippen molar-refractivity contribution in [2.45, 2.75) is 0 Å². The van der Waals surface area contributed by atoms with Gasteiger partial charge in [-0.1, -0.05) is 0 Å². The molecule has 0 aliphatic heterocycles. The predicted molar refractivity (Wildman–Crippen MR) is 87.5 cm³/mol. The van der Waals surface area contributed by atoms with Crippen LogP contribution in [-0.4, -0.2) is 19.7 Å². The van der Waals surface area contributed by atoms with Crippen LogP contribution in [-0.2, 0) is 0 Å². The van der Waals surface area contributed by atoms with E-state index in [0.717, 1.165) is 5.69 Å². The number of anilines is 1. The SMILES string of the molecule is Nc1ncnc2c1cnn2-c1ccc(Oc2ccc(F)cc2)cc1. The van der Waals surface area contributed by atoms with Crippen molar-refractivity contribution < 1.29 is 9.13 Å². The fourth-order valence-electron chi connectivity index (χ4n) is 2.35. The van der Waals surface area contributed by atoms with Crippen LogP contribution < -0.4 is 10.5 Å². The molecule has 2 N–H and O–H groups in total. The van der Waals surface area contributed by atoms with Crippen LogP contribution in [0.25, 0.3) is 16.7 Å². The number of nitrogen functional groups attached to an aromatic ring is 1. The molecule has 0 amide bonds. The highest BCUT2D eigenvalue weighted by Gasteiger charge is 2.09. The Balaban J connectivity index is 1.63. The quantitative estimate of drug-likeness (QED) is 0.626. The van der Waals surface area contributed by atoms with Gasteiger partial charge in [0.05, 0.1) is 17.3 Å². The molecular weight excluding hydrogens is 309 g/mol. The standard InChI is InChI=1S/C17H12FN5O/c18-11-1-5-13(6-2-11)24-14-7-3-12(4-8-14)23-17-15(9-22-23)16(19)20-10-21-17/h1-10H,(H2,19,20,21). The van der Waals surface area contributed by atoms with Crippen LogP contribution in [0.4, 0.5) is 10.2 Å². The zero-order chi connectivity index (χ0) is 16.5. The Hall–Kier alpha value is -3.48. The van der Waals surface area contributed by atoms with Gasteiger partial charge in [0, 0.05) is 0 Å². The molecule has 0 radical (unpaired) electrons. The molecule has 4 rings (SSSR count).